The highest BCUT2D eigenvalue weighted by molar-refractivity contribution is 9.10. The summed E-state index contributed by atoms with van der Waals surface area (Å²) in [6.45, 7) is 4.01. The van der Waals surface area contributed by atoms with Crippen molar-refractivity contribution in [3.63, 3.8) is 0 Å². The number of halogens is 1. The van der Waals surface area contributed by atoms with Crippen LogP contribution < -0.4 is 0 Å². The fraction of sp³-hybridized carbons (Fsp3) is 0.357. The van der Waals surface area contributed by atoms with Crippen molar-refractivity contribution in [2.45, 2.75) is 32.6 Å². The third-order valence-electron chi connectivity index (χ3n) is 2.92. The molecule has 0 saturated heterocycles. The predicted molar refractivity (Wildman–Crippen MR) is 75.4 cm³/mol. The molecule has 2 aromatic rings. The molecule has 1 aromatic carbocycles. The second-order valence-electron chi connectivity index (χ2n) is 4.54. The molecule has 0 fully saturated rings. The van der Waals surface area contributed by atoms with Crippen molar-refractivity contribution in [3.05, 3.63) is 34.1 Å². The Balaban J connectivity index is 2.23. The third kappa shape index (κ3) is 3.21. The quantitative estimate of drug-likeness (QED) is 0.846. The Morgan fingerprint density at radius 2 is 2.26 bits per heavy atom. The van der Waals surface area contributed by atoms with Gasteiger partial charge in [-0.15, -0.1) is 0 Å². The second-order valence-corrected chi connectivity index (χ2v) is 5.39. The summed E-state index contributed by atoms with van der Waals surface area (Å²) in [6.07, 6.45) is 1.22. The summed E-state index contributed by atoms with van der Waals surface area (Å²) in [5, 5.41) is 12.6. The van der Waals surface area contributed by atoms with Gasteiger partial charge in [0.25, 0.3) is 0 Å². The highest BCUT2D eigenvalue weighted by atomic mass is 79.9. The lowest BCUT2D eigenvalue weighted by atomic mass is 10.1. The van der Waals surface area contributed by atoms with Crippen LogP contribution in [0.5, 0.6) is 0 Å². The van der Waals surface area contributed by atoms with Crippen LogP contribution in [0.2, 0.25) is 0 Å². The lowest BCUT2D eigenvalue weighted by Gasteiger charge is -2.01. The molecule has 1 aromatic heterocycles. The monoisotopic (exact) mass is 319 g/mol. The molecule has 0 spiro atoms. The van der Waals surface area contributed by atoms with Crippen LogP contribution in [0.1, 0.15) is 37.1 Å². The summed E-state index contributed by atoms with van der Waals surface area (Å²) in [6, 6.07) is 8.12. The summed E-state index contributed by atoms with van der Waals surface area (Å²) in [4.78, 5) is 4.41. The van der Waals surface area contributed by atoms with Crippen molar-refractivity contribution in [1.82, 2.24) is 10.1 Å². The number of hydrogen-bond acceptors (Lipinski definition) is 4. The lowest BCUT2D eigenvalue weighted by Crippen LogP contribution is -1.93. The van der Waals surface area contributed by atoms with Gasteiger partial charge in [0.1, 0.15) is 0 Å². The van der Waals surface area contributed by atoms with E-state index in [0.29, 0.717) is 18.1 Å². The Morgan fingerprint density at radius 1 is 1.47 bits per heavy atom. The standard InChI is InChI=1S/C14H14BrN3O/c1-9-5-6-11(12(15)8-9)13-17-14(19-18-13)10(2)4-3-7-16/h5-6,8,10H,3-4H2,1-2H3. The van der Waals surface area contributed by atoms with Crippen LogP contribution in [0.15, 0.2) is 27.2 Å². The summed E-state index contributed by atoms with van der Waals surface area (Å²) in [5.74, 6) is 1.26. The van der Waals surface area contributed by atoms with Crippen LogP contribution in [0.4, 0.5) is 0 Å². The lowest BCUT2D eigenvalue weighted by molar-refractivity contribution is 0.355. The fourth-order valence-corrected chi connectivity index (χ4v) is 2.42. The van der Waals surface area contributed by atoms with Gasteiger partial charge in [-0.1, -0.05) is 34.1 Å². The first-order valence-corrected chi connectivity index (χ1v) is 6.88. The van der Waals surface area contributed by atoms with Crippen molar-refractivity contribution in [3.8, 4) is 17.5 Å². The summed E-state index contributed by atoms with van der Waals surface area (Å²) >= 11 is 3.51. The van der Waals surface area contributed by atoms with Crippen LogP contribution in [0, 0.1) is 18.3 Å². The van der Waals surface area contributed by atoms with Crippen molar-refractivity contribution >= 4 is 15.9 Å². The average Bonchev–Trinajstić information content (AvgIpc) is 2.85. The normalized spacial score (nSPS) is 12.1. The molecular formula is C14H14BrN3O. The highest BCUT2D eigenvalue weighted by Crippen LogP contribution is 2.28. The molecule has 4 nitrogen and oxygen atoms in total. The molecule has 2 rings (SSSR count). The zero-order chi connectivity index (χ0) is 13.8. The van der Waals surface area contributed by atoms with Gasteiger partial charge in [0.2, 0.25) is 11.7 Å². The van der Waals surface area contributed by atoms with Gasteiger partial charge in [0.15, 0.2) is 0 Å². The minimum atomic E-state index is 0.102. The van der Waals surface area contributed by atoms with E-state index in [9.17, 15) is 0 Å². The minimum Gasteiger partial charge on any atom is -0.339 e. The first kappa shape index (κ1) is 13.8. The maximum absolute atomic E-state index is 8.58. The Morgan fingerprint density at radius 3 is 2.95 bits per heavy atom. The van der Waals surface area contributed by atoms with E-state index in [0.717, 1.165) is 16.5 Å². The number of aromatic nitrogens is 2. The molecule has 19 heavy (non-hydrogen) atoms. The maximum Gasteiger partial charge on any atom is 0.229 e. The minimum absolute atomic E-state index is 0.102. The summed E-state index contributed by atoms with van der Waals surface area (Å²) in [5.41, 5.74) is 2.08. The third-order valence-corrected chi connectivity index (χ3v) is 3.57. The number of nitrogens with zero attached hydrogens (tertiary/aromatic N) is 3. The Labute approximate surface area is 120 Å². The molecule has 0 radical (unpaired) electrons. The molecule has 1 atom stereocenters. The van der Waals surface area contributed by atoms with Gasteiger partial charge >= 0.3 is 0 Å². The van der Waals surface area contributed by atoms with E-state index < -0.39 is 0 Å². The van der Waals surface area contributed by atoms with Gasteiger partial charge in [-0.2, -0.15) is 10.2 Å². The fourth-order valence-electron chi connectivity index (χ4n) is 1.75. The van der Waals surface area contributed by atoms with Gasteiger partial charge in [0, 0.05) is 22.4 Å². The Kier molecular flexibility index (Phi) is 4.33. The molecule has 98 valence electrons. The zero-order valence-corrected chi connectivity index (χ0v) is 12.4. The van der Waals surface area contributed by atoms with Crippen molar-refractivity contribution in [1.29, 1.82) is 5.26 Å². The van der Waals surface area contributed by atoms with E-state index in [1.165, 1.54) is 5.56 Å². The van der Waals surface area contributed by atoms with E-state index in [-0.39, 0.29) is 5.92 Å². The smallest absolute Gasteiger partial charge is 0.229 e. The van der Waals surface area contributed by atoms with E-state index in [1.807, 2.05) is 32.0 Å². The summed E-state index contributed by atoms with van der Waals surface area (Å²) in [7, 11) is 0. The van der Waals surface area contributed by atoms with E-state index in [2.05, 4.69) is 32.1 Å². The number of hydrogen-bond donors (Lipinski definition) is 0. The molecule has 1 heterocycles. The van der Waals surface area contributed by atoms with Crippen LogP contribution in [0.3, 0.4) is 0 Å². The average molecular weight is 320 g/mol. The van der Waals surface area contributed by atoms with Gasteiger partial charge in [0.05, 0.1) is 6.07 Å². The molecule has 0 bridgehead atoms. The molecule has 0 saturated carbocycles. The first-order chi connectivity index (χ1) is 9.11. The van der Waals surface area contributed by atoms with Gasteiger partial charge in [-0.3, -0.25) is 0 Å². The molecular weight excluding hydrogens is 306 g/mol. The van der Waals surface area contributed by atoms with E-state index >= 15 is 0 Å². The molecule has 1 unspecified atom stereocenters. The molecule has 0 N–H and O–H groups in total. The molecule has 0 aliphatic carbocycles. The Hall–Kier alpha value is -1.67. The second kappa shape index (κ2) is 5.98. The number of nitriles is 1. The van der Waals surface area contributed by atoms with Gasteiger partial charge < -0.3 is 4.52 Å². The molecule has 5 heteroatoms. The van der Waals surface area contributed by atoms with Crippen LogP contribution in [-0.2, 0) is 0 Å². The van der Waals surface area contributed by atoms with Gasteiger partial charge in [-0.05, 0) is 31.0 Å². The Bertz CT molecular complexity index is 615. The van der Waals surface area contributed by atoms with Crippen LogP contribution in [0.25, 0.3) is 11.4 Å². The highest BCUT2D eigenvalue weighted by Gasteiger charge is 2.16. The zero-order valence-electron chi connectivity index (χ0n) is 10.9. The number of rotatable bonds is 4. The molecule has 0 aliphatic rings. The topological polar surface area (TPSA) is 62.7 Å². The van der Waals surface area contributed by atoms with E-state index in [4.69, 9.17) is 9.78 Å². The van der Waals surface area contributed by atoms with Crippen molar-refractivity contribution in [2.24, 2.45) is 0 Å². The largest absolute Gasteiger partial charge is 0.339 e. The SMILES string of the molecule is Cc1ccc(-c2noc(C(C)CCC#N)n2)c(Br)c1. The summed E-state index contributed by atoms with van der Waals surface area (Å²) < 4.78 is 6.22. The van der Waals surface area contributed by atoms with Crippen molar-refractivity contribution in [2.75, 3.05) is 0 Å². The first-order valence-electron chi connectivity index (χ1n) is 6.09. The predicted octanol–water partition coefficient (Wildman–Crippen LogP) is 4.21. The van der Waals surface area contributed by atoms with Crippen molar-refractivity contribution < 1.29 is 4.52 Å². The molecule has 0 aliphatic heterocycles. The molecule has 0 amide bonds. The maximum atomic E-state index is 8.58. The van der Waals surface area contributed by atoms with Crippen LogP contribution >= 0.6 is 15.9 Å². The van der Waals surface area contributed by atoms with Crippen LogP contribution in [-0.4, -0.2) is 10.1 Å². The number of aryl methyl sites for hydroxylation is 1. The number of benzene rings is 1. The van der Waals surface area contributed by atoms with E-state index in [1.54, 1.807) is 0 Å². The van der Waals surface area contributed by atoms with Gasteiger partial charge in [-0.25, -0.2) is 0 Å².